The molecule has 1 aromatic heterocycles. The maximum Gasteiger partial charge on any atom is 0.264 e. The molecule has 1 aliphatic rings. The molecule has 0 radical (unpaired) electrons. The molecule has 0 fully saturated rings. The van der Waals surface area contributed by atoms with Crippen molar-refractivity contribution >= 4 is 38.1 Å². The van der Waals surface area contributed by atoms with Crippen LogP contribution in [0.1, 0.15) is 34.1 Å². The van der Waals surface area contributed by atoms with Gasteiger partial charge in [-0.05, 0) is 86.8 Å². The summed E-state index contributed by atoms with van der Waals surface area (Å²) in [4.78, 5) is 18.6. The highest BCUT2D eigenvalue weighted by atomic mass is 32.2. The molecule has 4 aromatic rings. The summed E-state index contributed by atoms with van der Waals surface area (Å²) in [7, 11) is -3.73. The van der Waals surface area contributed by atoms with Crippen LogP contribution in [0.15, 0.2) is 77.7 Å². The van der Waals surface area contributed by atoms with Gasteiger partial charge in [-0.2, -0.15) is 0 Å². The molecule has 2 heterocycles. The molecule has 0 atom stereocenters. The van der Waals surface area contributed by atoms with Crippen molar-refractivity contribution in [1.29, 1.82) is 0 Å². The average Bonchev–Trinajstić information content (AvgIpc) is 3.28. The largest absolute Gasteiger partial charge is 0.494 e. The number of hydrogen-bond acceptors (Lipinski definition) is 6. The molecule has 0 spiro atoms. The lowest BCUT2D eigenvalue weighted by Gasteiger charge is -2.30. The molecule has 3 aromatic carbocycles. The van der Waals surface area contributed by atoms with E-state index in [1.165, 1.54) is 39.9 Å². The zero-order valence-corrected chi connectivity index (χ0v) is 22.2. The van der Waals surface area contributed by atoms with Crippen molar-refractivity contribution in [2.45, 2.75) is 31.6 Å². The number of ether oxygens (including phenoxy) is 1. The zero-order chi connectivity index (χ0) is 26.0. The number of fused-ring (bicyclic) bond motifs is 1. The van der Waals surface area contributed by atoms with Gasteiger partial charge >= 0.3 is 0 Å². The summed E-state index contributed by atoms with van der Waals surface area (Å²) in [5.41, 5.74) is 3.83. The van der Waals surface area contributed by atoms with Gasteiger partial charge in [0.25, 0.3) is 15.9 Å². The Balaban J connectivity index is 1.31. The Morgan fingerprint density at radius 1 is 1.05 bits per heavy atom. The SMILES string of the molecule is CCOc1ccc(-c2nc(NC(=O)c3ccc(S(=O)(=O)N4CCCc5ccccc54)cc3)sc2C)cc1. The highest BCUT2D eigenvalue weighted by molar-refractivity contribution is 7.92. The lowest BCUT2D eigenvalue weighted by molar-refractivity contribution is 0.102. The van der Waals surface area contributed by atoms with Gasteiger partial charge in [-0.1, -0.05) is 18.2 Å². The van der Waals surface area contributed by atoms with E-state index < -0.39 is 10.0 Å². The maximum atomic E-state index is 13.4. The van der Waals surface area contributed by atoms with Crippen LogP contribution in [-0.2, 0) is 16.4 Å². The lowest BCUT2D eigenvalue weighted by atomic mass is 10.0. The highest BCUT2D eigenvalue weighted by Crippen LogP contribution is 2.33. The van der Waals surface area contributed by atoms with E-state index in [4.69, 9.17) is 4.74 Å². The maximum absolute atomic E-state index is 13.4. The average molecular weight is 534 g/mol. The van der Waals surface area contributed by atoms with Gasteiger partial charge in [0, 0.05) is 22.5 Å². The van der Waals surface area contributed by atoms with Gasteiger partial charge in [-0.25, -0.2) is 13.4 Å². The van der Waals surface area contributed by atoms with Crippen LogP contribution in [0.5, 0.6) is 5.75 Å². The number of aryl methyl sites for hydroxylation is 2. The molecular weight excluding hydrogens is 506 g/mol. The molecule has 190 valence electrons. The van der Waals surface area contributed by atoms with Crippen molar-refractivity contribution in [2.75, 3.05) is 22.8 Å². The van der Waals surface area contributed by atoms with Crippen LogP contribution >= 0.6 is 11.3 Å². The molecule has 0 bridgehead atoms. The van der Waals surface area contributed by atoms with Crippen LogP contribution in [0.25, 0.3) is 11.3 Å². The topological polar surface area (TPSA) is 88.6 Å². The van der Waals surface area contributed by atoms with Crippen molar-refractivity contribution in [3.05, 3.63) is 88.8 Å². The monoisotopic (exact) mass is 533 g/mol. The third-order valence-electron chi connectivity index (χ3n) is 6.23. The van der Waals surface area contributed by atoms with Crippen LogP contribution < -0.4 is 14.4 Å². The standard InChI is InChI=1S/C28H27N3O4S2/c1-3-35-23-14-10-21(11-15-23)26-19(2)36-28(29-26)30-27(32)22-12-16-24(17-13-22)37(33,34)31-18-6-8-20-7-4-5-9-25(20)31/h4-5,7,9-17H,3,6,8,18H2,1-2H3,(H,29,30,32). The number of rotatable bonds is 7. The summed E-state index contributed by atoms with van der Waals surface area (Å²) in [6.07, 6.45) is 1.63. The first-order valence-corrected chi connectivity index (χ1v) is 14.3. The number of anilines is 2. The van der Waals surface area contributed by atoms with E-state index in [0.29, 0.717) is 23.8 Å². The number of thiazole rings is 1. The van der Waals surface area contributed by atoms with Crippen LogP contribution in [0, 0.1) is 6.92 Å². The number of nitrogens with zero attached hydrogens (tertiary/aromatic N) is 2. The fourth-order valence-corrected chi connectivity index (χ4v) is 6.79. The molecule has 1 N–H and O–H groups in total. The second kappa shape index (κ2) is 10.4. The van der Waals surface area contributed by atoms with Gasteiger partial charge in [0.05, 0.1) is 22.9 Å². The van der Waals surface area contributed by atoms with Gasteiger partial charge < -0.3 is 4.74 Å². The fraction of sp³-hybridized carbons (Fsp3) is 0.214. The lowest BCUT2D eigenvalue weighted by Crippen LogP contribution is -2.35. The van der Waals surface area contributed by atoms with E-state index >= 15 is 0 Å². The second-order valence-electron chi connectivity index (χ2n) is 8.67. The summed E-state index contributed by atoms with van der Waals surface area (Å²) in [6.45, 7) is 4.93. The van der Waals surface area contributed by atoms with E-state index in [-0.39, 0.29) is 10.8 Å². The summed E-state index contributed by atoms with van der Waals surface area (Å²) < 4.78 is 33.7. The van der Waals surface area contributed by atoms with E-state index in [1.54, 1.807) is 0 Å². The van der Waals surface area contributed by atoms with E-state index in [9.17, 15) is 13.2 Å². The smallest absolute Gasteiger partial charge is 0.264 e. The van der Waals surface area contributed by atoms with Crippen LogP contribution in [0.4, 0.5) is 10.8 Å². The third kappa shape index (κ3) is 5.10. The Bertz CT molecular complexity index is 1530. The molecule has 0 saturated heterocycles. The molecular formula is C28H27N3O4S2. The molecule has 9 heteroatoms. The molecule has 5 rings (SSSR count). The Kier molecular flexibility index (Phi) is 6.99. The van der Waals surface area contributed by atoms with Crippen molar-refractivity contribution in [3.8, 4) is 17.0 Å². The number of benzene rings is 3. The van der Waals surface area contributed by atoms with Crippen LogP contribution in [0.3, 0.4) is 0 Å². The van der Waals surface area contributed by atoms with Crippen LogP contribution in [0.2, 0.25) is 0 Å². The first-order valence-electron chi connectivity index (χ1n) is 12.1. The van der Waals surface area contributed by atoms with Crippen LogP contribution in [-0.4, -0.2) is 32.5 Å². The summed E-state index contributed by atoms with van der Waals surface area (Å²) in [6, 6.07) is 21.3. The number of amides is 1. The van der Waals surface area contributed by atoms with Crippen molar-refractivity contribution in [2.24, 2.45) is 0 Å². The predicted octanol–water partition coefficient (Wildman–Crippen LogP) is 5.91. The number of hydrogen-bond donors (Lipinski definition) is 1. The number of nitrogens with one attached hydrogen (secondary N) is 1. The summed E-state index contributed by atoms with van der Waals surface area (Å²) in [5.74, 6) is 0.446. The fourth-order valence-electron chi connectivity index (χ4n) is 4.42. The van der Waals surface area contributed by atoms with Crippen molar-refractivity contribution in [3.63, 3.8) is 0 Å². The van der Waals surface area contributed by atoms with E-state index in [2.05, 4.69) is 10.3 Å². The summed E-state index contributed by atoms with van der Waals surface area (Å²) in [5, 5.41) is 3.32. The second-order valence-corrected chi connectivity index (χ2v) is 11.7. The minimum atomic E-state index is -3.73. The Morgan fingerprint density at radius 3 is 2.51 bits per heavy atom. The quantitative estimate of drug-likeness (QED) is 0.319. The first kappa shape index (κ1) is 25.0. The molecule has 37 heavy (non-hydrogen) atoms. The van der Waals surface area contributed by atoms with E-state index in [0.717, 1.165) is 46.0 Å². The molecule has 7 nitrogen and oxygen atoms in total. The van der Waals surface area contributed by atoms with Gasteiger partial charge in [-0.15, -0.1) is 11.3 Å². The number of para-hydroxylation sites is 1. The Labute approximate surface area is 220 Å². The summed E-state index contributed by atoms with van der Waals surface area (Å²) >= 11 is 1.39. The van der Waals surface area contributed by atoms with E-state index in [1.807, 2.05) is 62.4 Å². The minimum absolute atomic E-state index is 0.156. The molecule has 0 aliphatic carbocycles. The van der Waals surface area contributed by atoms with Gasteiger partial charge in [0.15, 0.2) is 5.13 Å². The number of aromatic nitrogens is 1. The number of sulfonamides is 1. The number of carbonyl (C=O) groups excluding carboxylic acids is 1. The minimum Gasteiger partial charge on any atom is -0.494 e. The molecule has 0 unspecified atom stereocenters. The van der Waals surface area contributed by atoms with Gasteiger partial charge in [0.2, 0.25) is 0 Å². The highest BCUT2D eigenvalue weighted by Gasteiger charge is 2.29. The molecule has 0 saturated carbocycles. The number of carbonyl (C=O) groups is 1. The predicted molar refractivity (Wildman–Crippen MR) is 147 cm³/mol. The Hall–Kier alpha value is -3.69. The first-order chi connectivity index (χ1) is 17.9. The molecule has 1 aliphatic heterocycles. The van der Waals surface area contributed by atoms with Crippen molar-refractivity contribution in [1.82, 2.24) is 4.98 Å². The third-order valence-corrected chi connectivity index (χ3v) is 8.94. The normalized spacial score (nSPS) is 13.2. The van der Waals surface area contributed by atoms with Gasteiger partial charge in [0.1, 0.15) is 5.75 Å². The zero-order valence-electron chi connectivity index (χ0n) is 20.6. The molecule has 1 amide bonds. The van der Waals surface area contributed by atoms with Gasteiger partial charge in [-0.3, -0.25) is 14.4 Å². The Morgan fingerprint density at radius 2 is 1.78 bits per heavy atom. The van der Waals surface area contributed by atoms with Crippen molar-refractivity contribution < 1.29 is 17.9 Å².